The predicted molar refractivity (Wildman–Crippen MR) is 144 cm³/mol. The molecule has 0 saturated carbocycles. The highest BCUT2D eigenvalue weighted by Gasteiger charge is 2.22. The highest BCUT2D eigenvalue weighted by Crippen LogP contribution is 2.32. The lowest BCUT2D eigenvalue weighted by atomic mass is 10.1. The summed E-state index contributed by atoms with van der Waals surface area (Å²) in [5, 5.41) is 29.8. The maximum absolute atomic E-state index is 11.8. The van der Waals surface area contributed by atoms with E-state index in [0.29, 0.717) is 63.6 Å². The van der Waals surface area contributed by atoms with Gasteiger partial charge in [0.05, 0.1) is 13.2 Å². The molecule has 1 aliphatic rings. The van der Waals surface area contributed by atoms with Crippen LogP contribution in [0.2, 0.25) is 0 Å². The summed E-state index contributed by atoms with van der Waals surface area (Å²) in [5.41, 5.74) is 1.59. The number of hydrogen-bond donors (Lipinski definition) is 3. The molecule has 1 aliphatic heterocycles. The molecule has 3 rings (SSSR count). The van der Waals surface area contributed by atoms with E-state index >= 15 is 0 Å². The molecule has 0 spiro atoms. The predicted octanol–water partition coefficient (Wildman–Crippen LogP) is 2.64. The number of carbonyl (C=O) groups excluding carboxylic acids is 1. The van der Waals surface area contributed by atoms with Crippen molar-refractivity contribution in [1.29, 1.82) is 5.41 Å². The third-order valence-corrected chi connectivity index (χ3v) is 6.12. The number of amidine groups is 1. The number of anilines is 1. The van der Waals surface area contributed by atoms with Crippen LogP contribution in [-0.4, -0.2) is 97.2 Å². The van der Waals surface area contributed by atoms with E-state index in [4.69, 9.17) is 15.3 Å². The largest absolute Gasteiger partial charge is 0.508 e. The Morgan fingerprint density at radius 2 is 1.89 bits per heavy atom. The van der Waals surface area contributed by atoms with Gasteiger partial charge in [0.2, 0.25) is 5.91 Å². The zero-order valence-electron chi connectivity index (χ0n) is 20.6. The molecule has 1 saturated heterocycles. The van der Waals surface area contributed by atoms with Gasteiger partial charge >= 0.3 is 0 Å². The summed E-state index contributed by atoms with van der Waals surface area (Å²) >= 11 is 0. The smallest absolute Gasteiger partial charge is 0.246 e. The van der Waals surface area contributed by atoms with Crippen molar-refractivity contribution in [3.05, 3.63) is 61.2 Å². The molecule has 0 atom stereocenters. The van der Waals surface area contributed by atoms with E-state index in [2.05, 4.69) is 23.1 Å². The quantitative estimate of drug-likeness (QED) is 0.181. The van der Waals surface area contributed by atoms with Gasteiger partial charge in [-0.2, -0.15) is 0 Å². The first-order valence-corrected chi connectivity index (χ1v) is 12.0. The van der Waals surface area contributed by atoms with Gasteiger partial charge in [0.15, 0.2) is 6.40 Å². The van der Waals surface area contributed by atoms with Gasteiger partial charge in [-0.1, -0.05) is 37.4 Å². The van der Waals surface area contributed by atoms with Crippen LogP contribution in [0.5, 0.6) is 5.75 Å². The number of piperazine rings is 1. The molecular formula is C27H35N5O4. The molecule has 2 aromatic rings. The first-order chi connectivity index (χ1) is 17.4. The van der Waals surface area contributed by atoms with Gasteiger partial charge in [-0.3, -0.25) is 15.2 Å². The van der Waals surface area contributed by atoms with Gasteiger partial charge in [0, 0.05) is 56.4 Å². The molecule has 2 aromatic carbocycles. The summed E-state index contributed by atoms with van der Waals surface area (Å²) in [4.78, 5) is 21.9. The third kappa shape index (κ3) is 7.08. The van der Waals surface area contributed by atoms with Gasteiger partial charge in [0.25, 0.3) is 0 Å². The van der Waals surface area contributed by atoms with Crippen molar-refractivity contribution in [3.63, 3.8) is 0 Å². The van der Waals surface area contributed by atoms with Crippen molar-refractivity contribution in [2.45, 2.75) is 6.42 Å². The number of nitrogens with zero attached hydrogens (tertiary/aromatic N) is 4. The number of ether oxygens (including phenoxy) is 1. The Balaban J connectivity index is 1.68. The molecular weight excluding hydrogens is 458 g/mol. The van der Waals surface area contributed by atoms with Crippen LogP contribution in [0.3, 0.4) is 0 Å². The van der Waals surface area contributed by atoms with Crippen LogP contribution in [0.15, 0.2) is 66.2 Å². The van der Waals surface area contributed by atoms with Crippen LogP contribution in [0.25, 0.3) is 10.8 Å². The second-order valence-electron chi connectivity index (χ2n) is 8.50. The number of hydrogen-bond acceptors (Lipinski definition) is 7. The number of carbonyl (C=O) groups is 1. The summed E-state index contributed by atoms with van der Waals surface area (Å²) in [6.45, 7) is 11.7. The Morgan fingerprint density at radius 3 is 2.61 bits per heavy atom. The molecule has 0 unspecified atom stereocenters. The lowest BCUT2D eigenvalue weighted by molar-refractivity contribution is -0.127. The normalized spacial score (nSPS) is 13.7. The second kappa shape index (κ2) is 13.3. The number of aliphatic imine (C=N–C) groups is 1. The maximum atomic E-state index is 11.8. The van der Waals surface area contributed by atoms with Crippen molar-refractivity contribution >= 4 is 34.6 Å². The average Bonchev–Trinajstić information content (AvgIpc) is 2.90. The van der Waals surface area contributed by atoms with Crippen LogP contribution in [0, 0.1) is 5.41 Å². The number of phenolic OH excluding ortho intramolecular Hbond substituents is 1. The number of fused-ring (bicyclic) bond motifs is 1. The van der Waals surface area contributed by atoms with E-state index in [0.717, 1.165) is 16.5 Å². The molecule has 3 N–H and O–H groups in total. The fourth-order valence-electron chi connectivity index (χ4n) is 4.17. The fourth-order valence-corrected chi connectivity index (χ4v) is 4.17. The number of nitrogens with one attached hydrogen (secondary N) is 1. The standard InChI is InChI=1S/C27H35N5O4/c1-3-26(35)31-12-14-32(15-13-31)27(28)21(2)8-10-30(11-9-29-20-36-17-16-33)25-19-23(34)18-22-6-4-5-7-24(22)25/h3-7,18-20,28,33-34H,1-2,8-17H2/b28-27?,29-20+. The zero-order chi connectivity index (χ0) is 25.9. The highest BCUT2D eigenvalue weighted by molar-refractivity contribution is 5.97. The van der Waals surface area contributed by atoms with Crippen LogP contribution in [0.1, 0.15) is 6.42 Å². The monoisotopic (exact) mass is 493 g/mol. The van der Waals surface area contributed by atoms with Crippen molar-refractivity contribution in [3.8, 4) is 5.75 Å². The SMILES string of the molecule is C=CC(=O)N1CCN(C(=N)C(=C)CCN(CC/N=C/OCCO)c2cc(O)cc3ccccc23)CC1. The number of aliphatic hydroxyl groups is 1. The summed E-state index contributed by atoms with van der Waals surface area (Å²) < 4.78 is 5.11. The Bertz CT molecular complexity index is 1110. The van der Waals surface area contributed by atoms with Crippen molar-refractivity contribution in [1.82, 2.24) is 9.80 Å². The second-order valence-corrected chi connectivity index (χ2v) is 8.50. The molecule has 1 heterocycles. The third-order valence-electron chi connectivity index (χ3n) is 6.12. The fraction of sp³-hybridized carbons (Fsp3) is 0.370. The van der Waals surface area contributed by atoms with Gasteiger partial charge in [-0.05, 0) is 29.5 Å². The molecule has 0 bridgehead atoms. The van der Waals surface area contributed by atoms with Crippen molar-refractivity contribution in [2.75, 3.05) is 63.9 Å². The molecule has 192 valence electrons. The number of benzene rings is 2. The first-order valence-electron chi connectivity index (χ1n) is 12.0. The number of phenols is 1. The minimum absolute atomic E-state index is 0.0683. The van der Waals surface area contributed by atoms with Gasteiger partial charge in [0.1, 0.15) is 18.2 Å². The molecule has 0 aliphatic carbocycles. The average molecular weight is 494 g/mol. The lowest BCUT2D eigenvalue weighted by Gasteiger charge is -2.36. The van der Waals surface area contributed by atoms with E-state index < -0.39 is 0 Å². The van der Waals surface area contributed by atoms with E-state index in [9.17, 15) is 9.90 Å². The Kier molecular flexibility index (Phi) is 9.88. The molecule has 9 nitrogen and oxygen atoms in total. The zero-order valence-corrected chi connectivity index (χ0v) is 20.6. The molecule has 0 radical (unpaired) electrons. The summed E-state index contributed by atoms with van der Waals surface area (Å²) in [7, 11) is 0. The summed E-state index contributed by atoms with van der Waals surface area (Å²) in [6.07, 6.45) is 3.22. The number of amides is 1. The molecule has 0 aromatic heterocycles. The number of aromatic hydroxyl groups is 1. The Labute approximate surface area is 212 Å². The molecule has 36 heavy (non-hydrogen) atoms. The maximum Gasteiger partial charge on any atom is 0.246 e. The van der Waals surface area contributed by atoms with Crippen LogP contribution >= 0.6 is 0 Å². The number of rotatable bonds is 12. The first kappa shape index (κ1) is 26.7. The van der Waals surface area contributed by atoms with Gasteiger partial charge in [-0.15, -0.1) is 0 Å². The van der Waals surface area contributed by atoms with Gasteiger partial charge < -0.3 is 29.6 Å². The lowest BCUT2D eigenvalue weighted by Crippen LogP contribution is -2.50. The van der Waals surface area contributed by atoms with Crippen LogP contribution in [0.4, 0.5) is 5.69 Å². The van der Waals surface area contributed by atoms with Crippen molar-refractivity contribution < 1.29 is 19.7 Å². The van der Waals surface area contributed by atoms with E-state index in [1.807, 2.05) is 29.2 Å². The molecule has 9 heteroatoms. The summed E-state index contributed by atoms with van der Waals surface area (Å²) in [6, 6.07) is 11.4. The van der Waals surface area contributed by atoms with E-state index in [1.165, 1.54) is 12.5 Å². The van der Waals surface area contributed by atoms with E-state index in [1.54, 1.807) is 17.0 Å². The van der Waals surface area contributed by atoms with Crippen LogP contribution in [-0.2, 0) is 9.53 Å². The van der Waals surface area contributed by atoms with Gasteiger partial charge in [-0.25, -0.2) is 0 Å². The minimum Gasteiger partial charge on any atom is -0.508 e. The van der Waals surface area contributed by atoms with Crippen LogP contribution < -0.4 is 4.90 Å². The Hall–Kier alpha value is -3.85. The van der Waals surface area contributed by atoms with Crippen molar-refractivity contribution in [2.24, 2.45) is 4.99 Å². The highest BCUT2D eigenvalue weighted by atomic mass is 16.5. The summed E-state index contributed by atoms with van der Waals surface area (Å²) in [5.74, 6) is 0.484. The van der Waals surface area contributed by atoms with E-state index in [-0.39, 0.29) is 24.9 Å². The number of aliphatic hydroxyl groups excluding tert-OH is 1. The Morgan fingerprint density at radius 1 is 1.17 bits per heavy atom. The minimum atomic E-state index is -0.0848. The molecule has 1 amide bonds. The topological polar surface area (TPSA) is 113 Å². The molecule has 1 fully saturated rings.